The first-order chi connectivity index (χ1) is 9.08. The highest BCUT2D eigenvalue weighted by molar-refractivity contribution is 9.10. The molecule has 2 heterocycles. The fraction of sp³-hybridized carbons (Fsp3) is 0.273. The van der Waals surface area contributed by atoms with Crippen LogP contribution in [0.3, 0.4) is 0 Å². The van der Waals surface area contributed by atoms with Crippen molar-refractivity contribution in [2.75, 3.05) is 6.54 Å². The molecule has 0 aliphatic carbocycles. The van der Waals surface area contributed by atoms with E-state index < -0.39 is 10.0 Å². The number of aryl methyl sites for hydroxylation is 1. The Labute approximate surface area is 120 Å². The number of nitrogens with zero attached hydrogens (tertiary/aromatic N) is 3. The van der Waals surface area contributed by atoms with E-state index in [0.29, 0.717) is 24.0 Å². The van der Waals surface area contributed by atoms with E-state index in [9.17, 15) is 8.42 Å². The third-order valence-corrected chi connectivity index (χ3v) is 4.27. The van der Waals surface area contributed by atoms with Gasteiger partial charge in [-0.15, -0.1) is 0 Å². The molecule has 8 heteroatoms. The van der Waals surface area contributed by atoms with Gasteiger partial charge in [-0.2, -0.15) is 5.10 Å². The van der Waals surface area contributed by atoms with Crippen molar-refractivity contribution in [2.24, 2.45) is 0 Å². The van der Waals surface area contributed by atoms with Crippen molar-refractivity contribution >= 4 is 26.0 Å². The van der Waals surface area contributed by atoms with E-state index in [1.165, 1.54) is 18.5 Å². The summed E-state index contributed by atoms with van der Waals surface area (Å²) >= 11 is 3.20. The number of sulfonamides is 1. The van der Waals surface area contributed by atoms with Crippen molar-refractivity contribution in [1.29, 1.82) is 0 Å². The van der Waals surface area contributed by atoms with Gasteiger partial charge < -0.3 is 0 Å². The van der Waals surface area contributed by atoms with Crippen LogP contribution in [0.15, 0.2) is 46.3 Å². The topological polar surface area (TPSA) is 76.9 Å². The monoisotopic (exact) mass is 344 g/mol. The lowest BCUT2D eigenvalue weighted by molar-refractivity contribution is 0.552. The molecule has 19 heavy (non-hydrogen) atoms. The van der Waals surface area contributed by atoms with E-state index in [2.05, 4.69) is 30.7 Å². The first-order valence-corrected chi connectivity index (χ1v) is 7.93. The van der Waals surface area contributed by atoms with Crippen LogP contribution in [0.5, 0.6) is 0 Å². The molecule has 0 aromatic carbocycles. The van der Waals surface area contributed by atoms with Gasteiger partial charge in [-0.05, 0) is 34.5 Å². The molecule has 0 spiro atoms. The van der Waals surface area contributed by atoms with Crippen molar-refractivity contribution in [2.45, 2.75) is 17.9 Å². The number of rotatable bonds is 6. The Morgan fingerprint density at radius 3 is 2.89 bits per heavy atom. The average molecular weight is 345 g/mol. The lowest BCUT2D eigenvalue weighted by atomic mass is 10.4. The summed E-state index contributed by atoms with van der Waals surface area (Å²) in [5.41, 5.74) is 0. The molecule has 0 saturated carbocycles. The molecule has 0 amide bonds. The molecule has 102 valence electrons. The Morgan fingerprint density at radius 1 is 1.37 bits per heavy atom. The Bertz CT molecular complexity index is 628. The fourth-order valence-electron chi connectivity index (χ4n) is 1.50. The van der Waals surface area contributed by atoms with Gasteiger partial charge in [0.05, 0.1) is 0 Å². The second-order valence-electron chi connectivity index (χ2n) is 3.86. The van der Waals surface area contributed by atoms with Gasteiger partial charge in [0, 0.05) is 42.3 Å². The summed E-state index contributed by atoms with van der Waals surface area (Å²) < 4.78 is 28.8. The third-order valence-electron chi connectivity index (χ3n) is 2.41. The van der Waals surface area contributed by atoms with E-state index in [4.69, 9.17) is 0 Å². The summed E-state index contributed by atoms with van der Waals surface area (Å²) in [5, 5.41) is 4.04. The van der Waals surface area contributed by atoms with Crippen LogP contribution < -0.4 is 4.72 Å². The highest BCUT2D eigenvalue weighted by atomic mass is 79.9. The lowest BCUT2D eigenvalue weighted by Gasteiger charge is -2.06. The van der Waals surface area contributed by atoms with Gasteiger partial charge in [0.15, 0.2) is 0 Å². The molecule has 0 aliphatic rings. The number of nitrogens with one attached hydrogen (secondary N) is 1. The van der Waals surface area contributed by atoms with E-state index in [-0.39, 0.29) is 4.90 Å². The molecular weight excluding hydrogens is 332 g/mol. The van der Waals surface area contributed by atoms with Crippen LogP contribution >= 0.6 is 15.9 Å². The van der Waals surface area contributed by atoms with Gasteiger partial charge >= 0.3 is 0 Å². The van der Waals surface area contributed by atoms with Crippen LogP contribution in [0.4, 0.5) is 0 Å². The molecule has 2 aromatic heterocycles. The van der Waals surface area contributed by atoms with Crippen molar-refractivity contribution in [3.63, 3.8) is 0 Å². The number of aromatic nitrogens is 3. The maximum absolute atomic E-state index is 12.0. The van der Waals surface area contributed by atoms with Crippen molar-refractivity contribution < 1.29 is 8.42 Å². The Morgan fingerprint density at radius 2 is 2.21 bits per heavy atom. The summed E-state index contributed by atoms with van der Waals surface area (Å²) in [4.78, 5) is 3.99. The van der Waals surface area contributed by atoms with Gasteiger partial charge in [0.1, 0.15) is 4.90 Å². The molecule has 2 rings (SSSR count). The molecule has 0 atom stereocenters. The predicted molar refractivity (Wildman–Crippen MR) is 74.0 cm³/mol. The first-order valence-electron chi connectivity index (χ1n) is 5.65. The number of halogens is 1. The Balaban J connectivity index is 1.88. The van der Waals surface area contributed by atoms with Gasteiger partial charge in [-0.1, -0.05) is 0 Å². The molecule has 0 radical (unpaired) electrons. The van der Waals surface area contributed by atoms with Gasteiger partial charge in [-0.25, -0.2) is 13.1 Å². The number of pyridine rings is 1. The zero-order chi connectivity index (χ0) is 13.7. The Kier molecular flexibility index (Phi) is 4.67. The average Bonchev–Trinajstić information content (AvgIpc) is 2.88. The summed E-state index contributed by atoms with van der Waals surface area (Å²) in [5.74, 6) is 0. The molecule has 2 aromatic rings. The quantitative estimate of drug-likeness (QED) is 0.803. The second-order valence-corrected chi connectivity index (χ2v) is 6.54. The molecule has 0 saturated heterocycles. The van der Waals surface area contributed by atoms with Crippen LogP contribution in [0.1, 0.15) is 6.42 Å². The standard InChI is InChI=1S/C11H13BrN4O2S/c12-10-7-11(9-13-8-10)19(17,18)15-4-2-6-16-5-1-3-14-16/h1,3,5,7-9,15H,2,4,6H2. The van der Waals surface area contributed by atoms with Gasteiger partial charge in [-0.3, -0.25) is 9.67 Å². The van der Waals surface area contributed by atoms with Gasteiger partial charge in [0.2, 0.25) is 10.0 Å². The van der Waals surface area contributed by atoms with Crippen molar-refractivity contribution in [3.05, 3.63) is 41.4 Å². The molecule has 0 bridgehead atoms. The highest BCUT2D eigenvalue weighted by Crippen LogP contribution is 2.13. The summed E-state index contributed by atoms with van der Waals surface area (Å²) in [7, 11) is -3.50. The van der Waals surface area contributed by atoms with Crippen molar-refractivity contribution in [1.82, 2.24) is 19.5 Å². The number of hydrogen-bond donors (Lipinski definition) is 1. The fourth-order valence-corrected chi connectivity index (χ4v) is 3.08. The SMILES string of the molecule is O=S(=O)(NCCCn1cccn1)c1cncc(Br)c1. The maximum atomic E-state index is 12.0. The summed E-state index contributed by atoms with van der Waals surface area (Å²) in [6.07, 6.45) is 7.06. The van der Waals surface area contributed by atoms with Crippen LogP contribution in [0, 0.1) is 0 Å². The Hall–Kier alpha value is -1.25. The van der Waals surface area contributed by atoms with E-state index in [1.807, 2.05) is 12.3 Å². The van der Waals surface area contributed by atoms with Crippen LogP contribution in [0.25, 0.3) is 0 Å². The molecular formula is C11H13BrN4O2S. The summed E-state index contributed by atoms with van der Waals surface area (Å²) in [6, 6.07) is 3.35. The molecule has 0 aliphatic heterocycles. The smallest absolute Gasteiger partial charge is 0.242 e. The van der Waals surface area contributed by atoms with Crippen LogP contribution in [0.2, 0.25) is 0 Å². The summed E-state index contributed by atoms with van der Waals surface area (Å²) in [6.45, 7) is 1.03. The zero-order valence-corrected chi connectivity index (χ0v) is 12.4. The van der Waals surface area contributed by atoms with Crippen molar-refractivity contribution in [3.8, 4) is 0 Å². The van der Waals surface area contributed by atoms with Crippen LogP contribution in [-0.4, -0.2) is 29.7 Å². The molecule has 0 fully saturated rings. The minimum absolute atomic E-state index is 0.154. The second kappa shape index (κ2) is 6.27. The van der Waals surface area contributed by atoms with E-state index >= 15 is 0 Å². The predicted octanol–water partition coefficient (Wildman–Crippen LogP) is 1.41. The van der Waals surface area contributed by atoms with Gasteiger partial charge in [0.25, 0.3) is 0 Å². The number of hydrogen-bond acceptors (Lipinski definition) is 4. The zero-order valence-electron chi connectivity index (χ0n) is 10.0. The highest BCUT2D eigenvalue weighted by Gasteiger charge is 2.13. The lowest BCUT2D eigenvalue weighted by Crippen LogP contribution is -2.25. The van der Waals surface area contributed by atoms with E-state index in [0.717, 1.165) is 0 Å². The minimum Gasteiger partial charge on any atom is -0.273 e. The molecule has 6 nitrogen and oxygen atoms in total. The third kappa shape index (κ3) is 4.12. The minimum atomic E-state index is -3.50. The maximum Gasteiger partial charge on any atom is 0.242 e. The molecule has 0 unspecified atom stereocenters. The normalized spacial score (nSPS) is 11.6. The first kappa shape index (κ1) is 14.2. The largest absolute Gasteiger partial charge is 0.273 e. The van der Waals surface area contributed by atoms with Crippen LogP contribution in [-0.2, 0) is 16.6 Å². The van der Waals surface area contributed by atoms with E-state index in [1.54, 1.807) is 10.9 Å². The molecule has 1 N–H and O–H groups in total.